The number of hydrogen-bond donors (Lipinski definition) is 1. The van der Waals surface area contributed by atoms with Gasteiger partial charge in [0.2, 0.25) is 0 Å². The number of carbonyl (C=O) groups is 1. The van der Waals surface area contributed by atoms with E-state index < -0.39 is 0 Å². The molecule has 1 aliphatic rings. The molecule has 2 aromatic heterocycles. The third-order valence-corrected chi connectivity index (χ3v) is 5.76. The van der Waals surface area contributed by atoms with Crippen LogP contribution in [0.15, 0.2) is 42.7 Å². The second-order valence-corrected chi connectivity index (χ2v) is 8.04. The first kappa shape index (κ1) is 20.8. The number of pyridine rings is 1. The number of Topliss-reactive ketones (excluding diaryl/α,β-unsaturated/α-hetero) is 1. The van der Waals surface area contributed by atoms with Gasteiger partial charge in [-0.3, -0.25) is 4.79 Å². The minimum Gasteiger partial charge on any atom is -0.393 e. The number of rotatable bonds is 5. The molecule has 1 N–H and O–H groups in total. The quantitative estimate of drug-likeness (QED) is 0.643. The molecule has 3 heterocycles. The molecule has 0 unspecified atom stereocenters. The van der Waals surface area contributed by atoms with E-state index in [1.165, 1.54) is 0 Å². The average Bonchev–Trinajstić information content (AvgIpc) is 3.16. The molecule has 7 heteroatoms. The van der Waals surface area contributed by atoms with Gasteiger partial charge in [-0.1, -0.05) is 17.7 Å². The molecule has 0 bridgehead atoms. The first-order chi connectivity index (χ1) is 15.0. The largest absolute Gasteiger partial charge is 0.393 e. The number of aromatic nitrogens is 3. The molecule has 0 saturated carbocycles. The summed E-state index contributed by atoms with van der Waals surface area (Å²) in [7, 11) is 0. The van der Waals surface area contributed by atoms with Crippen molar-refractivity contribution in [3.63, 3.8) is 0 Å². The highest BCUT2D eigenvalue weighted by molar-refractivity contribution is 5.98. The van der Waals surface area contributed by atoms with Gasteiger partial charge in [-0.15, -0.1) is 0 Å². The lowest BCUT2D eigenvalue weighted by molar-refractivity contribution is 0.0992. The fourth-order valence-corrected chi connectivity index (χ4v) is 3.92. The molecule has 1 fully saturated rings. The molecule has 0 atom stereocenters. The van der Waals surface area contributed by atoms with Crippen molar-refractivity contribution < 1.29 is 9.90 Å². The number of carbonyl (C=O) groups excluding carboxylic acids is 1. The van der Waals surface area contributed by atoms with Gasteiger partial charge in [0.15, 0.2) is 5.78 Å². The molecular weight excluding hydrogens is 390 g/mol. The van der Waals surface area contributed by atoms with E-state index in [1.807, 2.05) is 43.0 Å². The summed E-state index contributed by atoms with van der Waals surface area (Å²) in [5, 5.41) is 23.7. The number of aryl methyl sites for hydroxylation is 1. The first-order valence-electron chi connectivity index (χ1n) is 10.4. The van der Waals surface area contributed by atoms with E-state index in [2.05, 4.69) is 16.2 Å². The lowest BCUT2D eigenvalue weighted by Gasteiger charge is -2.31. The zero-order chi connectivity index (χ0) is 22.0. The van der Waals surface area contributed by atoms with E-state index in [4.69, 9.17) is 0 Å². The number of anilines is 1. The lowest BCUT2D eigenvalue weighted by atomic mass is 10.0. The molecule has 0 amide bonds. The first-order valence-corrected chi connectivity index (χ1v) is 10.4. The summed E-state index contributed by atoms with van der Waals surface area (Å²) in [5.41, 5.74) is 4.57. The number of benzene rings is 1. The second kappa shape index (κ2) is 8.70. The Labute approximate surface area is 181 Å². The van der Waals surface area contributed by atoms with Crippen LogP contribution in [0.4, 0.5) is 5.82 Å². The van der Waals surface area contributed by atoms with Crippen LogP contribution >= 0.6 is 0 Å². The zero-order valence-electron chi connectivity index (χ0n) is 17.7. The van der Waals surface area contributed by atoms with E-state index in [1.54, 1.807) is 23.1 Å². The summed E-state index contributed by atoms with van der Waals surface area (Å²) in [4.78, 5) is 19.5. The Kier molecular flexibility index (Phi) is 5.83. The van der Waals surface area contributed by atoms with Gasteiger partial charge >= 0.3 is 0 Å². The minimum atomic E-state index is -0.289. The Morgan fingerprint density at radius 2 is 1.90 bits per heavy atom. The number of nitriles is 1. The molecule has 4 rings (SSSR count). The van der Waals surface area contributed by atoms with Gasteiger partial charge in [-0.25, -0.2) is 9.67 Å². The van der Waals surface area contributed by atoms with Gasteiger partial charge in [0.1, 0.15) is 11.9 Å². The van der Waals surface area contributed by atoms with Gasteiger partial charge in [0.25, 0.3) is 0 Å². The van der Waals surface area contributed by atoms with Crippen molar-refractivity contribution in [1.29, 1.82) is 5.26 Å². The third-order valence-electron chi connectivity index (χ3n) is 5.76. The summed E-state index contributed by atoms with van der Waals surface area (Å²) < 4.78 is 1.76. The van der Waals surface area contributed by atoms with Gasteiger partial charge in [-0.05, 0) is 50.5 Å². The summed E-state index contributed by atoms with van der Waals surface area (Å²) in [6.07, 6.45) is 4.46. The smallest absolute Gasteiger partial charge is 0.170 e. The van der Waals surface area contributed by atoms with Crippen LogP contribution in [0.2, 0.25) is 0 Å². The van der Waals surface area contributed by atoms with Gasteiger partial charge < -0.3 is 10.0 Å². The van der Waals surface area contributed by atoms with Crippen molar-refractivity contribution in [3.8, 4) is 11.8 Å². The Bertz CT molecular complexity index is 1140. The number of aliphatic hydroxyl groups is 1. The van der Waals surface area contributed by atoms with Crippen LogP contribution in [0.5, 0.6) is 0 Å². The van der Waals surface area contributed by atoms with Gasteiger partial charge in [0.05, 0.1) is 34.8 Å². The topological polar surface area (TPSA) is 95.0 Å². The van der Waals surface area contributed by atoms with Crippen LogP contribution in [0.1, 0.15) is 45.6 Å². The fraction of sp³-hybridized carbons (Fsp3) is 0.333. The maximum atomic E-state index is 13.0. The van der Waals surface area contributed by atoms with E-state index in [0.717, 1.165) is 16.9 Å². The maximum Gasteiger partial charge on any atom is 0.170 e. The van der Waals surface area contributed by atoms with Gasteiger partial charge in [0, 0.05) is 25.7 Å². The summed E-state index contributed by atoms with van der Waals surface area (Å²) in [6.45, 7) is 5.24. The van der Waals surface area contributed by atoms with Crippen LogP contribution in [-0.2, 0) is 6.42 Å². The number of ketones is 1. The number of piperidine rings is 1. The Hall–Kier alpha value is -3.50. The molecule has 3 aromatic rings. The summed E-state index contributed by atoms with van der Waals surface area (Å²) >= 11 is 0. The molecule has 1 aromatic carbocycles. The van der Waals surface area contributed by atoms with Crippen molar-refractivity contribution in [1.82, 2.24) is 14.8 Å². The molecule has 158 valence electrons. The van der Waals surface area contributed by atoms with Crippen LogP contribution in [0.25, 0.3) is 5.69 Å². The maximum absolute atomic E-state index is 13.0. The van der Waals surface area contributed by atoms with E-state index >= 15 is 0 Å². The second-order valence-electron chi connectivity index (χ2n) is 8.04. The van der Waals surface area contributed by atoms with Crippen LogP contribution < -0.4 is 4.90 Å². The fourth-order valence-electron chi connectivity index (χ4n) is 3.92. The summed E-state index contributed by atoms with van der Waals surface area (Å²) in [5.74, 6) is 0.560. The lowest BCUT2D eigenvalue weighted by Crippen LogP contribution is -2.36. The van der Waals surface area contributed by atoms with Crippen molar-refractivity contribution in [2.24, 2.45) is 0 Å². The molecule has 0 spiro atoms. The molecular formula is C24H25N5O2. The SMILES string of the molecule is Cc1ccc(-n2ncc(C(=O)Cc3cnc(N4CCC(O)CC4)c(C#N)c3)c2C)cc1. The van der Waals surface area contributed by atoms with Crippen molar-refractivity contribution in [2.45, 2.75) is 39.2 Å². The monoisotopic (exact) mass is 415 g/mol. The Morgan fingerprint density at radius 3 is 2.58 bits per heavy atom. The predicted octanol–water partition coefficient (Wildman–Crippen LogP) is 3.14. The highest BCUT2D eigenvalue weighted by Gasteiger charge is 2.22. The standard InChI is InChI=1S/C24H25N5O2/c1-16-3-5-20(6-4-16)29-17(2)22(15-27-29)23(31)12-18-11-19(13-25)24(26-14-18)28-9-7-21(30)8-10-28/h3-6,11,14-15,21,30H,7-10,12H2,1-2H3. The highest BCUT2D eigenvalue weighted by Crippen LogP contribution is 2.23. The summed E-state index contributed by atoms with van der Waals surface area (Å²) in [6, 6.07) is 11.9. The van der Waals surface area contributed by atoms with Crippen LogP contribution in [0.3, 0.4) is 0 Å². The Balaban J connectivity index is 1.52. The molecule has 0 radical (unpaired) electrons. The minimum absolute atomic E-state index is 0.0598. The molecule has 1 aliphatic heterocycles. The zero-order valence-corrected chi connectivity index (χ0v) is 17.7. The molecule has 7 nitrogen and oxygen atoms in total. The molecule has 1 saturated heterocycles. The molecule has 0 aliphatic carbocycles. The van der Waals surface area contributed by atoms with Crippen LogP contribution in [-0.4, -0.2) is 44.8 Å². The average molecular weight is 415 g/mol. The van der Waals surface area contributed by atoms with E-state index in [-0.39, 0.29) is 18.3 Å². The number of nitrogens with zero attached hydrogens (tertiary/aromatic N) is 5. The third kappa shape index (κ3) is 4.35. The number of aliphatic hydroxyl groups excluding tert-OH is 1. The van der Waals surface area contributed by atoms with Gasteiger partial charge in [-0.2, -0.15) is 10.4 Å². The van der Waals surface area contributed by atoms with Crippen molar-refractivity contribution >= 4 is 11.6 Å². The Morgan fingerprint density at radius 1 is 1.19 bits per heavy atom. The van der Waals surface area contributed by atoms with Crippen molar-refractivity contribution in [3.05, 3.63) is 70.7 Å². The highest BCUT2D eigenvalue weighted by atomic mass is 16.3. The van der Waals surface area contributed by atoms with E-state index in [9.17, 15) is 15.2 Å². The van der Waals surface area contributed by atoms with Crippen LogP contribution in [0, 0.1) is 25.2 Å². The molecule has 31 heavy (non-hydrogen) atoms. The van der Waals surface area contributed by atoms with E-state index in [0.29, 0.717) is 48.4 Å². The number of hydrogen-bond acceptors (Lipinski definition) is 6. The van der Waals surface area contributed by atoms with Crippen molar-refractivity contribution in [2.75, 3.05) is 18.0 Å². The predicted molar refractivity (Wildman–Crippen MR) is 117 cm³/mol. The normalized spacial score (nSPS) is 14.5.